The Bertz CT molecular complexity index is 1070. The molecule has 7 heteroatoms. The third-order valence-corrected chi connectivity index (χ3v) is 14.0. The van der Waals surface area contributed by atoms with Crippen molar-refractivity contribution >= 4 is 42.0 Å². The van der Waals surface area contributed by atoms with Gasteiger partial charge in [-0.1, -0.05) is 101 Å². The molecule has 0 bridgehead atoms. The number of hydrogen-bond acceptors (Lipinski definition) is 5. The zero-order chi connectivity index (χ0) is 26.8. The zero-order valence-electron chi connectivity index (χ0n) is 23.0. The second kappa shape index (κ2) is 11.2. The predicted octanol–water partition coefficient (Wildman–Crippen LogP) is 5.35. The first kappa shape index (κ1) is 27.5. The van der Waals surface area contributed by atoms with Crippen molar-refractivity contribution < 1.29 is 18.7 Å². The van der Waals surface area contributed by atoms with Gasteiger partial charge in [0.15, 0.2) is 0 Å². The summed E-state index contributed by atoms with van der Waals surface area (Å²) in [4.78, 5) is 15.3. The van der Waals surface area contributed by atoms with Crippen LogP contribution in [0, 0.1) is 0 Å². The van der Waals surface area contributed by atoms with Crippen LogP contribution in [0.15, 0.2) is 60.7 Å². The van der Waals surface area contributed by atoms with E-state index in [-0.39, 0.29) is 28.7 Å². The van der Waals surface area contributed by atoms with Crippen molar-refractivity contribution in [2.45, 2.75) is 94.9 Å². The van der Waals surface area contributed by atoms with Gasteiger partial charge in [0.25, 0.3) is 13.5 Å². The van der Waals surface area contributed by atoms with Crippen LogP contribution in [-0.4, -0.2) is 55.3 Å². The molecule has 1 saturated carbocycles. The lowest BCUT2D eigenvalue weighted by atomic mass is 9.81. The third-order valence-electron chi connectivity index (χ3n) is 8.66. The SMILES string of the molecule is CC(C)(C)[Si](OC[C@@H]1CC[C@@H](CC(=O)N2C(=S)OCC23CCCCC3)O1)(c1ccccc1)c1ccccc1. The van der Waals surface area contributed by atoms with Gasteiger partial charge >= 0.3 is 0 Å². The summed E-state index contributed by atoms with van der Waals surface area (Å²) in [6.07, 6.45) is 7.36. The third kappa shape index (κ3) is 5.23. The molecule has 0 aromatic heterocycles. The maximum atomic E-state index is 13.5. The Morgan fingerprint density at radius 1 is 0.974 bits per heavy atom. The number of rotatable bonds is 7. The minimum Gasteiger partial charge on any atom is -0.468 e. The highest BCUT2D eigenvalue weighted by Crippen LogP contribution is 2.40. The van der Waals surface area contributed by atoms with E-state index in [1.54, 1.807) is 4.90 Å². The molecule has 0 unspecified atom stereocenters. The first-order valence-electron chi connectivity index (χ1n) is 14.2. The quantitative estimate of drug-likeness (QED) is 0.343. The summed E-state index contributed by atoms with van der Waals surface area (Å²) in [7, 11) is -2.62. The monoisotopic (exact) mass is 551 g/mol. The normalized spacial score (nSPS) is 23.6. The van der Waals surface area contributed by atoms with E-state index in [2.05, 4.69) is 81.4 Å². The highest BCUT2D eigenvalue weighted by Gasteiger charge is 2.51. The molecule has 1 spiro atoms. The fraction of sp³-hybridized carbons (Fsp3) is 0.548. The number of carbonyl (C=O) groups excluding carboxylic acids is 1. The van der Waals surface area contributed by atoms with Gasteiger partial charge in [0, 0.05) is 0 Å². The molecular formula is C31H41NO4SSi. The van der Waals surface area contributed by atoms with Gasteiger partial charge in [0.2, 0.25) is 5.91 Å². The summed E-state index contributed by atoms with van der Waals surface area (Å²) in [6, 6.07) is 21.4. The van der Waals surface area contributed by atoms with E-state index in [0.29, 0.717) is 24.8 Å². The highest BCUT2D eigenvalue weighted by atomic mass is 32.1. The van der Waals surface area contributed by atoms with Crippen LogP contribution in [0.5, 0.6) is 0 Å². The van der Waals surface area contributed by atoms with Gasteiger partial charge in [-0.25, -0.2) is 0 Å². The van der Waals surface area contributed by atoms with E-state index < -0.39 is 8.32 Å². The molecule has 204 valence electrons. The van der Waals surface area contributed by atoms with Crippen molar-refractivity contribution in [3.05, 3.63) is 60.7 Å². The number of amides is 1. The second-order valence-electron chi connectivity index (χ2n) is 12.2. The Morgan fingerprint density at radius 3 is 2.13 bits per heavy atom. The van der Waals surface area contributed by atoms with Gasteiger partial charge in [0.1, 0.15) is 6.61 Å². The van der Waals surface area contributed by atoms with E-state index in [4.69, 9.17) is 26.1 Å². The lowest BCUT2D eigenvalue weighted by molar-refractivity contribution is -0.134. The number of nitrogens with zero attached hydrogens (tertiary/aromatic N) is 1. The first-order valence-corrected chi connectivity index (χ1v) is 16.5. The smallest absolute Gasteiger partial charge is 0.266 e. The molecule has 2 heterocycles. The Kier molecular flexibility index (Phi) is 8.11. The Labute approximate surface area is 234 Å². The van der Waals surface area contributed by atoms with E-state index >= 15 is 0 Å². The summed E-state index contributed by atoms with van der Waals surface area (Å²) in [5.41, 5.74) is -0.239. The Hall–Kier alpha value is -2.06. The topological polar surface area (TPSA) is 48.0 Å². The fourth-order valence-corrected chi connectivity index (χ4v) is 11.7. The van der Waals surface area contributed by atoms with Crippen LogP contribution in [0.1, 0.15) is 72.1 Å². The van der Waals surface area contributed by atoms with Gasteiger partial charge in [-0.2, -0.15) is 0 Å². The first-order chi connectivity index (χ1) is 18.3. The highest BCUT2D eigenvalue weighted by molar-refractivity contribution is 7.80. The van der Waals surface area contributed by atoms with Crippen LogP contribution >= 0.6 is 12.2 Å². The molecule has 0 radical (unpaired) electrons. The molecule has 2 atom stereocenters. The van der Waals surface area contributed by atoms with E-state index in [1.807, 2.05) is 0 Å². The average Bonchev–Trinajstić information content (AvgIpc) is 3.49. The number of benzene rings is 2. The predicted molar refractivity (Wildman–Crippen MR) is 157 cm³/mol. The van der Waals surface area contributed by atoms with E-state index in [0.717, 1.165) is 38.5 Å². The summed E-state index contributed by atoms with van der Waals surface area (Å²) < 4.78 is 19.3. The standard InChI is InChI=1S/C31H41NO4SSi/c1-30(2,3)38(26-13-7-4-8-14-26,27-15-9-5-10-16-27)35-22-25-18-17-24(36-25)21-28(33)32-29(37)34-23-31(32)19-11-6-12-20-31/h4-5,7-10,13-16,24-25H,6,11-12,17-23H2,1-3H3/t24-,25-/m0/s1. The molecule has 38 heavy (non-hydrogen) atoms. The largest absolute Gasteiger partial charge is 0.468 e. The number of thiocarbonyl (C=S) groups is 1. The van der Waals surface area contributed by atoms with Crippen LogP contribution < -0.4 is 10.4 Å². The summed E-state index contributed by atoms with van der Waals surface area (Å²) in [5.74, 6) is 0.0490. The second-order valence-corrected chi connectivity index (χ2v) is 16.9. The summed E-state index contributed by atoms with van der Waals surface area (Å²) in [6.45, 7) is 7.93. The van der Waals surface area contributed by atoms with Crippen LogP contribution in [0.25, 0.3) is 0 Å². The van der Waals surface area contributed by atoms with E-state index in [1.165, 1.54) is 16.8 Å². The van der Waals surface area contributed by atoms with Gasteiger partial charge in [0.05, 0.1) is 30.8 Å². The van der Waals surface area contributed by atoms with Gasteiger partial charge < -0.3 is 13.9 Å². The Balaban J connectivity index is 1.28. The maximum absolute atomic E-state index is 13.5. The van der Waals surface area contributed by atoms with Crippen molar-refractivity contribution in [1.29, 1.82) is 0 Å². The van der Waals surface area contributed by atoms with Crippen molar-refractivity contribution in [1.82, 2.24) is 4.90 Å². The van der Waals surface area contributed by atoms with Crippen LogP contribution in [0.4, 0.5) is 0 Å². The van der Waals surface area contributed by atoms with Crippen molar-refractivity contribution in [3.63, 3.8) is 0 Å². The fourth-order valence-electron chi connectivity index (χ4n) is 6.78. The van der Waals surface area contributed by atoms with Gasteiger partial charge in [-0.3, -0.25) is 9.69 Å². The van der Waals surface area contributed by atoms with Crippen molar-refractivity contribution in [3.8, 4) is 0 Å². The average molecular weight is 552 g/mol. The molecule has 0 N–H and O–H groups in total. The van der Waals surface area contributed by atoms with Crippen LogP contribution in [0.3, 0.4) is 0 Å². The molecule has 2 aliphatic heterocycles. The molecule has 2 aromatic carbocycles. The summed E-state index contributed by atoms with van der Waals surface area (Å²) in [5, 5.41) is 2.80. The minimum atomic E-state index is -2.62. The molecular weight excluding hydrogens is 510 g/mol. The molecule has 1 amide bonds. The molecule has 5 nitrogen and oxygen atoms in total. The van der Waals surface area contributed by atoms with Gasteiger partial charge in [-0.15, -0.1) is 0 Å². The number of ether oxygens (including phenoxy) is 2. The molecule has 3 fully saturated rings. The maximum Gasteiger partial charge on any atom is 0.266 e. The summed E-state index contributed by atoms with van der Waals surface area (Å²) >= 11 is 5.47. The Morgan fingerprint density at radius 2 is 1.55 bits per heavy atom. The molecule has 2 aromatic rings. The number of hydrogen-bond donors (Lipinski definition) is 0. The zero-order valence-corrected chi connectivity index (χ0v) is 24.8. The lowest BCUT2D eigenvalue weighted by Gasteiger charge is -2.43. The lowest BCUT2D eigenvalue weighted by Crippen LogP contribution is -2.67. The molecule has 5 rings (SSSR count). The number of carbonyl (C=O) groups is 1. The van der Waals surface area contributed by atoms with Crippen molar-refractivity contribution in [2.24, 2.45) is 0 Å². The molecule has 2 saturated heterocycles. The van der Waals surface area contributed by atoms with Gasteiger partial charge in [-0.05, 0) is 53.3 Å². The minimum absolute atomic E-state index is 0.0279. The van der Waals surface area contributed by atoms with E-state index in [9.17, 15) is 4.79 Å². The molecule has 1 aliphatic carbocycles. The molecule has 3 aliphatic rings. The van der Waals surface area contributed by atoms with Crippen LogP contribution in [0.2, 0.25) is 5.04 Å². The van der Waals surface area contributed by atoms with Crippen molar-refractivity contribution in [2.75, 3.05) is 13.2 Å². The van der Waals surface area contributed by atoms with Crippen LogP contribution in [-0.2, 0) is 18.7 Å².